The molecular formula is C20H22N2O2. The van der Waals surface area contributed by atoms with Crippen LogP contribution in [0.1, 0.15) is 40.7 Å². The van der Waals surface area contributed by atoms with E-state index in [1.54, 1.807) is 6.07 Å². The van der Waals surface area contributed by atoms with Gasteiger partial charge in [-0.15, -0.1) is 0 Å². The Hall–Kier alpha value is -2.62. The van der Waals surface area contributed by atoms with Crippen LogP contribution in [0.4, 0.5) is 5.69 Å². The molecule has 1 saturated carbocycles. The quantitative estimate of drug-likeness (QED) is 0.882. The molecule has 0 aromatic heterocycles. The third-order valence-electron chi connectivity index (χ3n) is 4.40. The second kappa shape index (κ2) is 7.30. The van der Waals surface area contributed by atoms with Gasteiger partial charge in [0, 0.05) is 23.7 Å². The Balaban J connectivity index is 1.58. The first-order valence-corrected chi connectivity index (χ1v) is 8.36. The average molecular weight is 322 g/mol. The van der Waals surface area contributed by atoms with Crippen molar-refractivity contribution in [2.75, 3.05) is 5.32 Å². The Labute approximate surface area is 142 Å². The first-order valence-electron chi connectivity index (χ1n) is 8.36. The Morgan fingerprint density at radius 1 is 1.08 bits per heavy atom. The minimum absolute atomic E-state index is 0.0948. The Morgan fingerprint density at radius 3 is 2.58 bits per heavy atom. The minimum Gasteiger partial charge on any atom is -0.348 e. The monoisotopic (exact) mass is 322 g/mol. The summed E-state index contributed by atoms with van der Waals surface area (Å²) >= 11 is 0. The van der Waals surface area contributed by atoms with Crippen molar-refractivity contribution in [1.29, 1.82) is 0 Å². The van der Waals surface area contributed by atoms with Crippen LogP contribution in [0.3, 0.4) is 0 Å². The van der Waals surface area contributed by atoms with E-state index in [4.69, 9.17) is 0 Å². The van der Waals surface area contributed by atoms with Crippen LogP contribution in [-0.4, -0.2) is 11.8 Å². The van der Waals surface area contributed by atoms with E-state index in [0.29, 0.717) is 12.1 Å². The van der Waals surface area contributed by atoms with Gasteiger partial charge >= 0.3 is 0 Å². The van der Waals surface area contributed by atoms with E-state index in [2.05, 4.69) is 10.6 Å². The van der Waals surface area contributed by atoms with E-state index in [0.717, 1.165) is 36.1 Å². The van der Waals surface area contributed by atoms with Crippen LogP contribution >= 0.6 is 0 Å². The molecule has 1 aliphatic rings. The van der Waals surface area contributed by atoms with Crippen LogP contribution in [-0.2, 0) is 11.3 Å². The zero-order valence-electron chi connectivity index (χ0n) is 13.8. The third-order valence-corrected chi connectivity index (χ3v) is 4.40. The van der Waals surface area contributed by atoms with Crippen molar-refractivity contribution < 1.29 is 9.59 Å². The molecule has 0 atom stereocenters. The molecule has 1 fully saturated rings. The van der Waals surface area contributed by atoms with Gasteiger partial charge in [-0.25, -0.2) is 0 Å². The molecule has 24 heavy (non-hydrogen) atoms. The maximum Gasteiger partial charge on any atom is 0.251 e. The van der Waals surface area contributed by atoms with Gasteiger partial charge in [-0.2, -0.15) is 0 Å². The first kappa shape index (κ1) is 16.2. The summed E-state index contributed by atoms with van der Waals surface area (Å²) in [5, 5.41) is 5.88. The lowest BCUT2D eigenvalue weighted by atomic mass is 9.85. The molecule has 0 radical (unpaired) electrons. The van der Waals surface area contributed by atoms with Gasteiger partial charge in [-0.3, -0.25) is 9.59 Å². The summed E-state index contributed by atoms with van der Waals surface area (Å²) in [4.78, 5) is 24.2. The van der Waals surface area contributed by atoms with Crippen molar-refractivity contribution in [3.63, 3.8) is 0 Å². The molecule has 2 N–H and O–H groups in total. The highest BCUT2D eigenvalue weighted by atomic mass is 16.2. The highest BCUT2D eigenvalue weighted by Gasteiger charge is 2.25. The van der Waals surface area contributed by atoms with Crippen LogP contribution in [0, 0.1) is 12.8 Å². The number of aryl methyl sites for hydroxylation is 1. The minimum atomic E-state index is -0.0948. The summed E-state index contributed by atoms with van der Waals surface area (Å²) in [5.41, 5.74) is 3.46. The van der Waals surface area contributed by atoms with Gasteiger partial charge in [0.05, 0.1) is 0 Å². The van der Waals surface area contributed by atoms with Gasteiger partial charge in [-0.1, -0.05) is 36.2 Å². The summed E-state index contributed by atoms with van der Waals surface area (Å²) in [5.74, 6) is 0.166. The van der Waals surface area contributed by atoms with Crippen molar-refractivity contribution in [1.82, 2.24) is 5.32 Å². The maximum absolute atomic E-state index is 12.2. The standard InChI is InChI=1S/C20H22N2O2/c1-14-5-2-9-17(11-14)19(23)21-13-15-6-3-10-18(12-15)22-20(24)16-7-4-8-16/h2-3,5-6,9-12,16H,4,7-8,13H2,1H3,(H,21,23)(H,22,24). The highest BCUT2D eigenvalue weighted by Crippen LogP contribution is 2.27. The molecule has 0 heterocycles. The van der Waals surface area contributed by atoms with Crippen molar-refractivity contribution in [2.45, 2.75) is 32.7 Å². The molecule has 2 amide bonds. The lowest BCUT2D eigenvalue weighted by molar-refractivity contribution is -0.122. The number of anilines is 1. The topological polar surface area (TPSA) is 58.2 Å². The van der Waals surface area contributed by atoms with Crippen molar-refractivity contribution >= 4 is 17.5 Å². The van der Waals surface area contributed by atoms with Crippen molar-refractivity contribution in [3.05, 3.63) is 65.2 Å². The van der Waals surface area contributed by atoms with Gasteiger partial charge in [-0.05, 0) is 49.6 Å². The van der Waals surface area contributed by atoms with E-state index in [1.165, 1.54) is 0 Å². The molecule has 3 rings (SSSR count). The SMILES string of the molecule is Cc1cccc(C(=O)NCc2cccc(NC(=O)C3CCC3)c2)c1. The maximum atomic E-state index is 12.2. The number of benzene rings is 2. The third kappa shape index (κ3) is 4.02. The van der Waals surface area contributed by atoms with Crippen LogP contribution in [0.25, 0.3) is 0 Å². The molecule has 0 unspecified atom stereocenters. The van der Waals surface area contributed by atoms with Gasteiger partial charge in [0.1, 0.15) is 0 Å². The second-order valence-corrected chi connectivity index (χ2v) is 6.37. The number of hydrogen-bond acceptors (Lipinski definition) is 2. The van der Waals surface area contributed by atoms with Crippen molar-refractivity contribution in [2.24, 2.45) is 5.92 Å². The summed E-state index contributed by atoms with van der Waals surface area (Å²) < 4.78 is 0. The van der Waals surface area contributed by atoms with Crippen LogP contribution in [0.15, 0.2) is 48.5 Å². The second-order valence-electron chi connectivity index (χ2n) is 6.37. The van der Waals surface area contributed by atoms with Crippen LogP contribution in [0.5, 0.6) is 0 Å². The fourth-order valence-corrected chi connectivity index (χ4v) is 2.74. The molecule has 4 heteroatoms. The van der Waals surface area contributed by atoms with E-state index in [9.17, 15) is 9.59 Å². The number of nitrogens with one attached hydrogen (secondary N) is 2. The van der Waals surface area contributed by atoms with E-state index in [-0.39, 0.29) is 17.7 Å². The number of carbonyl (C=O) groups excluding carboxylic acids is 2. The number of amides is 2. The summed E-state index contributed by atoms with van der Waals surface area (Å²) in [6.07, 6.45) is 3.11. The Kier molecular flexibility index (Phi) is 4.94. The summed E-state index contributed by atoms with van der Waals surface area (Å²) in [6, 6.07) is 15.1. The zero-order chi connectivity index (χ0) is 16.9. The number of hydrogen-bond donors (Lipinski definition) is 2. The smallest absolute Gasteiger partial charge is 0.251 e. The predicted octanol–water partition coefficient (Wildman–Crippen LogP) is 3.66. The van der Waals surface area contributed by atoms with E-state index >= 15 is 0 Å². The van der Waals surface area contributed by atoms with Gasteiger partial charge < -0.3 is 10.6 Å². The van der Waals surface area contributed by atoms with Gasteiger partial charge in [0.2, 0.25) is 5.91 Å². The molecule has 2 aromatic carbocycles. The van der Waals surface area contributed by atoms with Crippen molar-refractivity contribution in [3.8, 4) is 0 Å². The number of carbonyl (C=O) groups is 2. The molecule has 1 aliphatic carbocycles. The molecule has 0 aliphatic heterocycles. The average Bonchev–Trinajstić information content (AvgIpc) is 2.51. The Morgan fingerprint density at radius 2 is 1.88 bits per heavy atom. The lowest BCUT2D eigenvalue weighted by Crippen LogP contribution is -2.28. The lowest BCUT2D eigenvalue weighted by Gasteiger charge is -2.24. The number of rotatable bonds is 5. The van der Waals surface area contributed by atoms with Crippen LogP contribution < -0.4 is 10.6 Å². The molecule has 0 spiro atoms. The normalized spacial score (nSPS) is 13.9. The Bertz CT molecular complexity index is 751. The van der Waals surface area contributed by atoms with Gasteiger partial charge in [0.15, 0.2) is 0 Å². The molecule has 0 bridgehead atoms. The molecule has 4 nitrogen and oxygen atoms in total. The van der Waals surface area contributed by atoms with Gasteiger partial charge in [0.25, 0.3) is 5.91 Å². The predicted molar refractivity (Wildman–Crippen MR) is 94.8 cm³/mol. The molecular weight excluding hydrogens is 300 g/mol. The fourth-order valence-electron chi connectivity index (χ4n) is 2.74. The largest absolute Gasteiger partial charge is 0.348 e. The zero-order valence-corrected chi connectivity index (χ0v) is 13.8. The van der Waals surface area contributed by atoms with Crippen LogP contribution in [0.2, 0.25) is 0 Å². The summed E-state index contributed by atoms with van der Waals surface area (Å²) in [6.45, 7) is 2.39. The molecule has 2 aromatic rings. The van der Waals surface area contributed by atoms with E-state index in [1.807, 2.05) is 49.4 Å². The first-order chi connectivity index (χ1) is 11.6. The summed E-state index contributed by atoms with van der Waals surface area (Å²) in [7, 11) is 0. The molecule has 124 valence electrons. The molecule has 0 saturated heterocycles. The fraction of sp³-hybridized carbons (Fsp3) is 0.300. The highest BCUT2D eigenvalue weighted by molar-refractivity contribution is 5.94. The van der Waals surface area contributed by atoms with E-state index < -0.39 is 0 Å².